The number of nitrogens with zero attached hydrogens (tertiary/aromatic N) is 2. The highest BCUT2D eigenvalue weighted by Gasteiger charge is 2.51. The summed E-state index contributed by atoms with van der Waals surface area (Å²) in [6.45, 7) is 5.82. The fourth-order valence-corrected chi connectivity index (χ4v) is 4.21. The number of fused-ring (bicyclic) bond motifs is 1. The quantitative estimate of drug-likeness (QED) is 0.646. The Morgan fingerprint density at radius 3 is 2.36 bits per heavy atom. The van der Waals surface area contributed by atoms with Gasteiger partial charge in [0.1, 0.15) is 11.0 Å². The molecule has 0 spiro atoms. The first-order valence-electron chi connectivity index (χ1n) is 8.63. The number of hydrogen-bond donors (Lipinski definition) is 1. The number of aromatic nitrogens is 1. The maximum absolute atomic E-state index is 12.8. The molecule has 1 aliphatic heterocycles. The van der Waals surface area contributed by atoms with Crippen LogP contribution in [0, 0.1) is 24.7 Å². The number of nitrogens with one attached hydrogen (secondary N) is 1. The lowest BCUT2D eigenvalue weighted by Crippen LogP contribution is -2.48. The van der Waals surface area contributed by atoms with E-state index in [1.807, 2.05) is 32.9 Å². The second-order valence-corrected chi connectivity index (χ2v) is 8.32. The smallest absolute Gasteiger partial charge is 0.248 e. The maximum atomic E-state index is 12.8. The van der Waals surface area contributed by atoms with Gasteiger partial charge in [0.25, 0.3) is 0 Å². The van der Waals surface area contributed by atoms with Gasteiger partial charge in [0, 0.05) is 0 Å². The highest BCUT2D eigenvalue weighted by Crippen LogP contribution is 2.37. The van der Waals surface area contributed by atoms with Crippen LogP contribution in [-0.2, 0) is 14.4 Å². The molecule has 1 aromatic heterocycles. The molecular weight excluding hydrogens is 338 g/mol. The van der Waals surface area contributed by atoms with Gasteiger partial charge < -0.3 is 5.32 Å². The van der Waals surface area contributed by atoms with Crippen molar-refractivity contribution in [3.05, 3.63) is 23.4 Å². The summed E-state index contributed by atoms with van der Waals surface area (Å²) in [5, 5.41) is 4.30. The number of carbonyl (C=O) groups is 3. The van der Waals surface area contributed by atoms with E-state index in [0.717, 1.165) is 5.01 Å². The Bertz CT molecular complexity index is 699. The van der Waals surface area contributed by atoms with Gasteiger partial charge in [0.15, 0.2) is 0 Å². The number of carbonyl (C=O) groups excluding carboxylic acids is 3. The molecule has 2 heterocycles. The van der Waals surface area contributed by atoms with E-state index in [-0.39, 0.29) is 35.5 Å². The summed E-state index contributed by atoms with van der Waals surface area (Å²) < 4.78 is 0. The molecule has 3 amide bonds. The predicted octanol–water partition coefficient (Wildman–Crippen LogP) is 2.76. The first-order valence-corrected chi connectivity index (χ1v) is 9.45. The van der Waals surface area contributed by atoms with Crippen LogP contribution in [0.15, 0.2) is 18.3 Å². The summed E-state index contributed by atoms with van der Waals surface area (Å²) in [5.74, 6) is -1.18. The zero-order valence-corrected chi connectivity index (χ0v) is 15.5. The average Bonchev–Trinajstić information content (AvgIpc) is 3.08. The minimum absolute atomic E-state index is 0.181. The van der Waals surface area contributed by atoms with Gasteiger partial charge in [0.2, 0.25) is 17.7 Å². The van der Waals surface area contributed by atoms with Crippen molar-refractivity contribution in [3.63, 3.8) is 0 Å². The fraction of sp³-hybridized carbons (Fsp3) is 0.556. The van der Waals surface area contributed by atoms with Crippen molar-refractivity contribution >= 4 is 34.1 Å². The molecule has 1 aromatic rings. The van der Waals surface area contributed by atoms with Crippen LogP contribution in [0.4, 0.5) is 5.00 Å². The van der Waals surface area contributed by atoms with Crippen LogP contribution in [0.3, 0.4) is 0 Å². The van der Waals surface area contributed by atoms with Crippen molar-refractivity contribution in [3.8, 4) is 0 Å². The number of likely N-dealkylation sites (tertiary alicyclic amines) is 1. The summed E-state index contributed by atoms with van der Waals surface area (Å²) in [4.78, 5) is 43.8. The molecule has 2 aliphatic rings. The molecule has 134 valence electrons. The highest BCUT2D eigenvalue weighted by molar-refractivity contribution is 7.15. The second-order valence-electron chi connectivity index (χ2n) is 7.08. The first-order chi connectivity index (χ1) is 11.9. The molecule has 0 bridgehead atoms. The van der Waals surface area contributed by atoms with Crippen LogP contribution >= 0.6 is 11.3 Å². The molecule has 1 N–H and O–H groups in total. The largest absolute Gasteiger partial charge is 0.315 e. The van der Waals surface area contributed by atoms with E-state index < -0.39 is 6.04 Å². The average molecular weight is 361 g/mol. The van der Waals surface area contributed by atoms with Crippen LogP contribution in [0.1, 0.15) is 38.1 Å². The van der Waals surface area contributed by atoms with Crippen molar-refractivity contribution in [1.82, 2.24) is 9.88 Å². The lowest BCUT2D eigenvalue weighted by atomic mass is 9.85. The van der Waals surface area contributed by atoms with Gasteiger partial charge in [-0.25, -0.2) is 4.98 Å². The normalized spacial score (nSPS) is 23.9. The van der Waals surface area contributed by atoms with Crippen LogP contribution < -0.4 is 5.32 Å². The van der Waals surface area contributed by atoms with Crippen molar-refractivity contribution in [2.75, 3.05) is 5.32 Å². The fourth-order valence-electron chi connectivity index (χ4n) is 3.53. The molecule has 0 saturated carbocycles. The van der Waals surface area contributed by atoms with Crippen molar-refractivity contribution < 1.29 is 14.4 Å². The van der Waals surface area contributed by atoms with Crippen molar-refractivity contribution in [1.29, 1.82) is 0 Å². The molecular formula is C18H23N3O3S. The lowest BCUT2D eigenvalue weighted by molar-refractivity contribution is -0.147. The Labute approximate surface area is 151 Å². The molecule has 3 unspecified atom stereocenters. The SMILES string of the molecule is Cc1ncc(NC(=O)C(CC(C)C)N2C(=O)C3CC=CCC3C2=O)s1. The van der Waals surface area contributed by atoms with Crippen LogP contribution in [0.25, 0.3) is 0 Å². The topological polar surface area (TPSA) is 79.4 Å². The summed E-state index contributed by atoms with van der Waals surface area (Å²) in [6, 6.07) is -0.770. The molecule has 0 aromatic carbocycles. The van der Waals surface area contributed by atoms with Gasteiger partial charge in [-0.2, -0.15) is 0 Å². The highest BCUT2D eigenvalue weighted by atomic mass is 32.1. The lowest BCUT2D eigenvalue weighted by Gasteiger charge is -2.27. The van der Waals surface area contributed by atoms with E-state index in [0.29, 0.717) is 24.3 Å². The summed E-state index contributed by atoms with van der Waals surface area (Å²) >= 11 is 1.38. The van der Waals surface area contributed by atoms with E-state index in [1.165, 1.54) is 16.2 Å². The zero-order chi connectivity index (χ0) is 18.1. The molecule has 1 aliphatic carbocycles. The number of rotatable bonds is 5. The molecule has 6 nitrogen and oxygen atoms in total. The van der Waals surface area contributed by atoms with Crippen molar-refractivity contribution in [2.24, 2.45) is 17.8 Å². The van der Waals surface area contributed by atoms with Gasteiger partial charge in [-0.3, -0.25) is 19.3 Å². The molecule has 0 radical (unpaired) electrons. The number of imide groups is 1. The number of anilines is 1. The van der Waals surface area contributed by atoms with E-state index >= 15 is 0 Å². The van der Waals surface area contributed by atoms with Crippen molar-refractivity contribution in [2.45, 2.75) is 46.1 Å². The van der Waals surface area contributed by atoms with E-state index in [4.69, 9.17) is 0 Å². The third kappa shape index (κ3) is 3.51. The minimum atomic E-state index is -0.770. The molecule has 7 heteroatoms. The minimum Gasteiger partial charge on any atom is -0.315 e. The summed E-state index contributed by atoms with van der Waals surface area (Å²) in [7, 11) is 0. The van der Waals surface area contributed by atoms with E-state index in [2.05, 4.69) is 10.3 Å². The van der Waals surface area contributed by atoms with Crippen LogP contribution in [0.5, 0.6) is 0 Å². The Balaban J connectivity index is 1.83. The molecule has 25 heavy (non-hydrogen) atoms. The number of thiazole rings is 1. The maximum Gasteiger partial charge on any atom is 0.248 e. The molecule has 1 saturated heterocycles. The summed E-state index contributed by atoms with van der Waals surface area (Å²) in [6.07, 6.45) is 7.11. The molecule has 1 fully saturated rings. The Morgan fingerprint density at radius 2 is 1.88 bits per heavy atom. The van der Waals surface area contributed by atoms with Gasteiger partial charge in [-0.15, -0.1) is 11.3 Å². The van der Waals surface area contributed by atoms with Crippen LogP contribution in [0.2, 0.25) is 0 Å². The van der Waals surface area contributed by atoms with E-state index in [9.17, 15) is 14.4 Å². The van der Waals surface area contributed by atoms with Gasteiger partial charge in [0.05, 0.1) is 23.0 Å². The van der Waals surface area contributed by atoms with E-state index in [1.54, 1.807) is 6.20 Å². The zero-order valence-electron chi connectivity index (χ0n) is 14.7. The third-order valence-corrected chi connectivity index (χ3v) is 5.55. The number of allylic oxidation sites excluding steroid dienone is 2. The number of hydrogen-bond acceptors (Lipinski definition) is 5. The van der Waals surface area contributed by atoms with Crippen LogP contribution in [-0.4, -0.2) is 33.6 Å². The Morgan fingerprint density at radius 1 is 1.28 bits per heavy atom. The molecule has 3 atom stereocenters. The Kier molecular flexibility index (Phi) is 5.03. The Hall–Kier alpha value is -2.02. The van der Waals surface area contributed by atoms with Gasteiger partial charge >= 0.3 is 0 Å². The second kappa shape index (κ2) is 7.07. The van der Waals surface area contributed by atoms with Gasteiger partial charge in [-0.1, -0.05) is 26.0 Å². The molecule has 3 rings (SSSR count). The number of amides is 3. The predicted molar refractivity (Wildman–Crippen MR) is 95.9 cm³/mol. The summed E-state index contributed by atoms with van der Waals surface area (Å²) in [5.41, 5.74) is 0. The first kappa shape index (κ1) is 17.8. The monoisotopic (exact) mass is 361 g/mol. The standard InChI is InChI=1S/C18H23N3O3S/c1-10(2)8-14(16(22)20-15-9-19-11(3)25-15)21-17(23)12-6-4-5-7-13(12)18(21)24/h4-5,9-10,12-14H,6-8H2,1-3H3,(H,20,22). The number of aryl methyl sites for hydroxylation is 1. The third-order valence-electron chi connectivity index (χ3n) is 4.72. The van der Waals surface area contributed by atoms with Gasteiger partial charge in [-0.05, 0) is 32.1 Å².